The van der Waals surface area contributed by atoms with Crippen molar-refractivity contribution in [3.63, 3.8) is 0 Å². The van der Waals surface area contributed by atoms with Crippen molar-refractivity contribution in [3.8, 4) is 11.6 Å². The minimum atomic E-state index is -4.69. The van der Waals surface area contributed by atoms with E-state index in [9.17, 15) is 23.3 Å². The van der Waals surface area contributed by atoms with Crippen molar-refractivity contribution in [2.45, 2.75) is 75.5 Å². The van der Waals surface area contributed by atoms with Crippen LogP contribution < -0.4 is 29.3 Å². The summed E-state index contributed by atoms with van der Waals surface area (Å²) < 4.78 is 53.9. The van der Waals surface area contributed by atoms with Gasteiger partial charge in [-0.3, -0.25) is 19.8 Å². The third kappa shape index (κ3) is 10.3. The van der Waals surface area contributed by atoms with Crippen LogP contribution in [0.4, 0.5) is 28.4 Å². The van der Waals surface area contributed by atoms with Crippen LogP contribution in [0, 0.1) is 21.4 Å². The van der Waals surface area contributed by atoms with Gasteiger partial charge in [0.05, 0.1) is 53.5 Å². The third-order valence-electron chi connectivity index (χ3n) is 14.3. The van der Waals surface area contributed by atoms with Crippen molar-refractivity contribution in [2.75, 3.05) is 80.8 Å². The highest BCUT2D eigenvalue weighted by Crippen LogP contribution is 2.49. The first kappa shape index (κ1) is 48.6. The second-order valence-corrected chi connectivity index (χ2v) is 21.6. The van der Waals surface area contributed by atoms with Gasteiger partial charge in [-0.15, -0.1) is 12.4 Å². The molecule has 5 aromatic rings. The second-order valence-electron chi connectivity index (χ2n) is 19.5. The average Bonchev–Trinajstić information content (AvgIpc) is 3.79. The number of ether oxygens (including phenoxy) is 4. The lowest BCUT2D eigenvalue weighted by Gasteiger charge is -2.43. The fraction of sp³-hybridized carbons (Fsp3) is 0.469. The number of H-pyrrole nitrogens is 1. The number of sulfonamides is 1. The van der Waals surface area contributed by atoms with Gasteiger partial charge < -0.3 is 39.0 Å². The number of hydrogen-bond acceptors (Lipinski definition) is 14. The SMILES string of the molecule is C[C@@H]1CN(c2cc(N3CCN(CCC4CCC(C)(C)CC4c4ccc(Cl)cc4)CC3)ccc2C(=O)NS(=O)(=O)c2cc3c(c([N+](=O)[O-])c2)N[C@@H]([C@H]2COCCO2)CO3)c2cc3cc[nH]c3nc2O1.Cl. The Morgan fingerprint density at radius 1 is 1.01 bits per heavy atom. The standard InChI is InChI=1S/C49H57ClN8O9S.ClH/c1-30-27-57(42-22-33-11-14-51-46(33)53-48(42)67-30)40-23-35(56-18-16-55(17-19-56)15-12-32-10-13-49(2,3)26-38(32)31-4-6-34(50)7-5-31)8-9-37(40)47(59)54-68(62,63)36-24-41(58(60)61)45-43(25-36)66-28-39(52-45)44-29-64-20-21-65-44;/h4-9,11,14,22-25,30,32,38-39,44,52H,10,12-13,15-21,26-29H2,1-3H3,(H,51,53)(H,54,59);1H/t30-,32?,38?,39-,44-;/m1./s1. The van der Waals surface area contributed by atoms with Crippen molar-refractivity contribution in [3.05, 3.63) is 99.2 Å². The van der Waals surface area contributed by atoms with Crippen LogP contribution in [0.25, 0.3) is 11.0 Å². The zero-order valence-electron chi connectivity index (χ0n) is 38.8. The summed E-state index contributed by atoms with van der Waals surface area (Å²) in [6, 6.07) is 19.3. The summed E-state index contributed by atoms with van der Waals surface area (Å²) in [6.07, 6.45) is 5.72. The van der Waals surface area contributed by atoms with Crippen LogP contribution in [0.2, 0.25) is 5.02 Å². The summed E-state index contributed by atoms with van der Waals surface area (Å²) in [5.74, 6) is 0.506. The second kappa shape index (κ2) is 19.8. The fourth-order valence-corrected chi connectivity index (χ4v) is 11.7. The number of nitrogens with zero attached hydrogens (tertiary/aromatic N) is 5. The zero-order valence-corrected chi connectivity index (χ0v) is 41.2. The number of hydrogen-bond donors (Lipinski definition) is 3. The third-order valence-corrected chi connectivity index (χ3v) is 15.8. The molecule has 2 unspecified atom stereocenters. The van der Waals surface area contributed by atoms with E-state index in [1.165, 1.54) is 24.5 Å². The number of fused-ring (bicyclic) bond motifs is 3. The molecule has 2 saturated heterocycles. The van der Waals surface area contributed by atoms with E-state index in [0.717, 1.165) is 67.7 Å². The summed E-state index contributed by atoms with van der Waals surface area (Å²) in [6.45, 7) is 12.4. The van der Waals surface area contributed by atoms with Crippen LogP contribution in [0.1, 0.15) is 68.3 Å². The van der Waals surface area contributed by atoms with Crippen molar-refractivity contribution in [1.29, 1.82) is 0 Å². The molecule has 0 bridgehead atoms. The molecular formula is C49H58Cl2N8O9S. The Morgan fingerprint density at radius 2 is 1.81 bits per heavy atom. The van der Waals surface area contributed by atoms with Gasteiger partial charge >= 0.3 is 0 Å². The van der Waals surface area contributed by atoms with E-state index >= 15 is 0 Å². The molecule has 17 nitrogen and oxygen atoms in total. The summed E-state index contributed by atoms with van der Waals surface area (Å²) >= 11 is 6.28. The number of anilines is 4. The maximum absolute atomic E-state index is 14.5. The molecule has 3 aromatic carbocycles. The van der Waals surface area contributed by atoms with Gasteiger partial charge in [-0.05, 0) is 104 Å². The molecule has 5 atom stereocenters. The van der Waals surface area contributed by atoms with Gasteiger partial charge in [-0.1, -0.05) is 37.6 Å². The van der Waals surface area contributed by atoms with E-state index in [0.29, 0.717) is 59.9 Å². The van der Waals surface area contributed by atoms with Gasteiger partial charge in [-0.2, -0.15) is 4.98 Å². The first-order valence-electron chi connectivity index (χ1n) is 23.5. The summed E-state index contributed by atoms with van der Waals surface area (Å²) in [4.78, 5) is 40.4. The molecule has 69 heavy (non-hydrogen) atoms. The van der Waals surface area contributed by atoms with E-state index < -0.39 is 43.6 Å². The lowest BCUT2D eigenvalue weighted by Crippen LogP contribution is -2.47. The number of nitrogens with one attached hydrogen (secondary N) is 3. The largest absolute Gasteiger partial charge is 0.489 e. The predicted octanol–water partition coefficient (Wildman–Crippen LogP) is 8.29. The number of nitro benzene ring substituents is 1. The molecule has 1 saturated carbocycles. The number of aromatic nitrogens is 2. The maximum atomic E-state index is 14.5. The topological polar surface area (TPSA) is 194 Å². The Balaban J connectivity index is 0.00000593. The number of halogens is 2. The molecule has 1 amide bonds. The highest BCUT2D eigenvalue weighted by Gasteiger charge is 2.38. The molecule has 20 heteroatoms. The summed E-state index contributed by atoms with van der Waals surface area (Å²) in [5.41, 5.74) is 3.86. The molecule has 10 rings (SSSR count). The average molecular weight is 1010 g/mol. The van der Waals surface area contributed by atoms with Gasteiger partial charge in [0.15, 0.2) is 11.4 Å². The van der Waals surface area contributed by atoms with Crippen LogP contribution in [-0.2, 0) is 19.5 Å². The molecule has 1 aliphatic carbocycles. The highest BCUT2D eigenvalue weighted by atomic mass is 35.5. The number of carbonyl (C=O) groups is 1. The van der Waals surface area contributed by atoms with E-state index in [2.05, 4.69) is 50.8 Å². The van der Waals surface area contributed by atoms with Gasteiger partial charge in [0, 0.05) is 60.6 Å². The molecule has 368 valence electrons. The van der Waals surface area contributed by atoms with Crippen molar-refractivity contribution >= 4 is 79.4 Å². The van der Waals surface area contributed by atoms with Crippen LogP contribution >= 0.6 is 24.0 Å². The Bertz CT molecular complexity index is 2820. The number of carbonyl (C=O) groups excluding carboxylic acids is 1. The van der Waals surface area contributed by atoms with Crippen molar-refractivity contribution < 1.29 is 37.1 Å². The van der Waals surface area contributed by atoms with E-state index in [4.69, 9.17) is 35.5 Å². The zero-order chi connectivity index (χ0) is 47.3. The van der Waals surface area contributed by atoms with Gasteiger partial charge in [0.25, 0.3) is 21.6 Å². The number of piperazine rings is 1. The summed E-state index contributed by atoms with van der Waals surface area (Å²) in [5, 5.41) is 17.1. The van der Waals surface area contributed by atoms with E-state index in [-0.39, 0.29) is 48.7 Å². The minimum absolute atomic E-state index is 0. The van der Waals surface area contributed by atoms with E-state index in [1.54, 1.807) is 12.3 Å². The predicted molar refractivity (Wildman–Crippen MR) is 267 cm³/mol. The number of nitro groups is 1. The Labute approximate surface area is 412 Å². The van der Waals surface area contributed by atoms with Crippen LogP contribution in [-0.4, -0.2) is 118 Å². The molecule has 4 aliphatic heterocycles. The molecule has 3 N–H and O–H groups in total. The molecule has 0 radical (unpaired) electrons. The van der Waals surface area contributed by atoms with Crippen molar-refractivity contribution in [2.24, 2.45) is 11.3 Å². The Hall–Kier alpha value is -5.37. The number of pyridine rings is 1. The highest BCUT2D eigenvalue weighted by molar-refractivity contribution is 7.90. The number of amides is 1. The molecule has 2 aromatic heterocycles. The molecule has 6 heterocycles. The first-order valence-corrected chi connectivity index (χ1v) is 25.3. The summed E-state index contributed by atoms with van der Waals surface area (Å²) in [7, 11) is -4.69. The van der Waals surface area contributed by atoms with Gasteiger partial charge in [0.2, 0.25) is 5.88 Å². The minimum Gasteiger partial charge on any atom is -0.489 e. The first-order chi connectivity index (χ1) is 32.7. The Morgan fingerprint density at radius 3 is 2.57 bits per heavy atom. The maximum Gasteiger partial charge on any atom is 0.297 e. The molecule has 3 fully saturated rings. The van der Waals surface area contributed by atoms with Gasteiger partial charge in [0.1, 0.15) is 30.1 Å². The number of aromatic amines is 1. The molecule has 0 spiro atoms. The van der Waals surface area contributed by atoms with E-state index in [1.807, 2.05) is 48.2 Å². The molecule has 5 aliphatic rings. The lowest BCUT2D eigenvalue weighted by atomic mass is 9.64. The van der Waals surface area contributed by atoms with Crippen LogP contribution in [0.5, 0.6) is 11.6 Å². The smallest absolute Gasteiger partial charge is 0.297 e. The van der Waals surface area contributed by atoms with Crippen LogP contribution in [0.3, 0.4) is 0 Å². The monoisotopic (exact) mass is 1000 g/mol. The van der Waals surface area contributed by atoms with Crippen molar-refractivity contribution in [1.82, 2.24) is 19.6 Å². The quantitative estimate of drug-likeness (QED) is 0.0845. The normalized spacial score (nSPS) is 23.6. The fourth-order valence-electron chi connectivity index (χ4n) is 10.6. The molecular weight excluding hydrogens is 948 g/mol. The number of rotatable bonds is 11. The van der Waals surface area contributed by atoms with Gasteiger partial charge in [-0.25, -0.2) is 13.1 Å². The number of benzene rings is 3. The lowest BCUT2D eigenvalue weighted by molar-refractivity contribution is -0.384. The Kier molecular flexibility index (Phi) is 14.0. The van der Waals surface area contributed by atoms with Crippen LogP contribution in [0.15, 0.2) is 77.8 Å².